The van der Waals surface area contributed by atoms with E-state index in [0.717, 1.165) is 12.8 Å². The number of rotatable bonds is 6. The molecule has 0 amide bonds. The van der Waals surface area contributed by atoms with E-state index in [9.17, 15) is 14.7 Å². The van der Waals surface area contributed by atoms with E-state index in [1.54, 1.807) is 0 Å². The maximum absolute atomic E-state index is 12.2. The Morgan fingerprint density at radius 1 is 1.24 bits per heavy atom. The van der Waals surface area contributed by atoms with Crippen LogP contribution in [0.15, 0.2) is 0 Å². The fraction of sp³-hybridized carbons (Fsp3) is 0.875. The summed E-state index contributed by atoms with van der Waals surface area (Å²) in [5, 5.41) is 12.7. The van der Waals surface area contributed by atoms with E-state index in [2.05, 4.69) is 33.0 Å². The number of hydrogen-bond donors (Lipinski definition) is 2. The lowest BCUT2D eigenvalue weighted by Crippen LogP contribution is -2.60. The van der Waals surface area contributed by atoms with Gasteiger partial charge in [-0.05, 0) is 34.1 Å². The van der Waals surface area contributed by atoms with Gasteiger partial charge in [-0.25, -0.2) is 0 Å². The molecule has 1 rings (SSSR count). The lowest BCUT2D eigenvalue weighted by atomic mass is 9.81. The topological polar surface area (TPSA) is 75.6 Å². The third-order valence-corrected chi connectivity index (χ3v) is 3.86. The first-order chi connectivity index (χ1) is 9.56. The van der Waals surface area contributed by atoms with Crippen molar-refractivity contribution in [2.24, 2.45) is 5.92 Å². The van der Waals surface area contributed by atoms with E-state index < -0.39 is 17.9 Å². The zero-order valence-corrected chi connectivity index (χ0v) is 13.9. The molecular formula is C16H29NO4. The van der Waals surface area contributed by atoms with Crippen LogP contribution >= 0.6 is 0 Å². The second-order valence-corrected chi connectivity index (χ2v) is 7.39. The van der Waals surface area contributed by atoms with Gasteiger partial charge in [0.25, 0.3) is 0 Å². The molecule has 1 saturated heterocycles. The lowest BCUT2D eigenvalue weighted by Gasteiger charge is -2.46. The van der Waals surface area contributed by atoms with Crippen LogP contribution in [0, 0.1) is 5.92 Å². The molecule has 122 valence electrons. The van der Waals surface area contributed by atoms with Crippen LogP contribution in [0.2, 0.25) is 0 Å². The van der Waals surface area contributed by atoms with E-state index in [1.165, 1.54) is 0 Å². The summed E-state index contributed by atoms with van der Waals surface area (Å²) in [4.78, 5) is 23.4. The predicted molar refractivity (Wildman–Crippen MR) is 81.1 cm³/mol. The second kappa shape index (κ2) is 6.77. The summed E-state index contributed by atoms with van der Waals surface area (Å²) in [5.41, 5.74) is -0.260. The molecule has 0 aliphatic carbocycles. The normalized spacial score (nSPS) is 22.5. The molecule has 5 heteroatoms. The molecule has 0 aromatic heterocycles. The fourth-order valence-corrected chi connectivity index (χ4v) is 3.31. The molecule has 1 atom stereocenters. The van der Waals surface area contributed by atoms with Crippen molar-refractivity contribution in [1.29, 1.82) is 0 Å². The monoisotopic (exact) mass is 299 g/mol. The van der Waals surface area contributed by atoms with Crippen LogP contribution in [0.5, 0.6) is 0 Å². The molecule has 1 aliphatic heterocycles. The summed E-state index contributed by atoms with van der Waals surface area (Å²) in [6, 6.07) is 0. The van der Waals surface area contributed by atoms with Crippen molar-refractivity contribution >= 4 is 11.9 Å². The third kappa shape index (κ3) is 5.65. The quantitative estimate of drug-likeness (QED) is 0.582. The minimum absolute atomic E-state index is 0.130. The van der Waals surface area contributed by atoms with Gasteiger partial charge in [0.2, 0.25) is 0 Å². The molecule has 0 aromatic carbocycles. The Hall–Kier alpha value is -1.10. The zero-order chi connectivity index (χ0) is 16.3. The average Bonchev–Trinajstić information content (AvgIpc) is 2.24. The number of hydrogen-bond acceptors (Lipinski definition) is 4. The number of carboxylic acid groups (broad SMARTS) is 1. The number of carbonyl (C=O) groups excluding carboxylic acids is 1. The van der Waals surface area contributed by atoms with Gasteiger partial charge < -0.3 is 15.2 Å². The Balaban J connectivity index is 2.69. The molecule has 1 unspecified atom stereocenters. The molecule has 0 radical (unpaired) electrons. The molecule has 21 heavy (non-hydrogen) atoms. The predicted octanol–water partition coefficient (Wildman–Crippen LogP) is 2.73. The van der Waals surface area contributed by atoms with E-state index >= 15 is 0 Å². The van der Waals surface area contributed by atoms with Crippen LogP contribution in [-0.2, 0) is 14.3 Å². The molecule has 0 bridgehead atoms. The number of piperidine rings is 1. The minimum atomic E-state index is -1.08. The Morgan fingerprint density at radius 2 is 1.76 bits per heavy atom. The summed E-state index contributed by atoms with van der Waals surface area (Å²) >= 11 is 0. The molecule has 0 saturated carbocycles. The molecule has 0 aromatic rings. The summed E-state index contributed by atoms with van der Waals surface area (Å²) in [5.74, 6) is -2.71. The standard InChI is InChI=1S/C16H29NO4/c1-6-7-8-12(13(18)19)14(20)21-11-9-15(2,3)17-16(4,5)10-11/h11-12,17H,6-10H2,1-5H3,(H,18,19). The largest absolute Gasteiger partial charge is 0.481 e. The van der Waals surface area contributed by atoms with Gasteiger partial charge in [-0.15, -0.1) is 0 Å². The third-order valence-electron chi connectivity index (χ3n) is 3.86. The van der Waals surface area contributed by atoms with Crippen molar-refractivity contribution < 1.29 is 19.4 Å². The van der Waals surface area contributed by atoms with Crippen LogP contribution in [0.4, 0.5) is 0 Å². The van der Waals surface area contributed by atoms with Gasteiger partial charge in [-0.2, -0.15) is 0 Å². The first-order valence-corrected chi connectivity index (χ1v) is 7.79. The number of carboxylic acids is 1. The number of nitrogens with one attached hydrogen (secondary N) is 1. The highest BCUT2D eigenvalue weighted by atomic mass is 16.5. The van der Waals surface area contributed by atoms with Gasteiger partial charge in [-0.3, -0.25) is 9.59 Å². The van der Waals surface area contributed by atoms with Gasteiger partial charge in [0, 0.05) is 23.9 Å². The molecule has 5 nitrogen and oxygen atoms in total. The SMILES string of the molecule is CCCCC(C(=O)O)C(=O)OC1CC(C)(C)NC(C)(C)C1. The molecule has 0 spiro atoms. The van der Waals surface area contributed by atoms with Crippen LogP contribution in [0.1, 0.15) is 66.7 Å². The van der Waals surface area contributed by atoms with Gasteiger partial charge in [-0.1, -0.05) is 19.8 Å². The lowest BCUT2D eigenvalue weighted by molar-refractivity contribution is -0.165. The second-order valence-electron chi connectivity index (χ2n) is 7.39. The Labute approximate surface area is 127 Å². The fourth-order valence-electron chi connectivity index (χ4n) is 3.31. The number of unbranched alkanes of at least 4 members (excludes halogenated alkanes) is 1. The summed E-state index contributed by atoms with van der Waals surface area (Å²) in [6.07, 6.45) is 3.10. The van der Waals surface area contributed by atoms with Crippen LogP contribution < -0.4 is 5.32 Å². The van der Waals surface area contributed by atoms with Crippen LogP contribution in [0.25, 0.3) is 0 Å². The minimum Gasteiger partial charge on any atom is -0.481 e. The zero-order valence-electron chi connectivity index (χ0n) is 13.9. The van der Waals surface area contributed by atoms with Crippen molar-refractivity contribution in [3.63, 3.8) is 0 Å². The van der Waals surface area contributed by atoms with E-state index in [1.807, 2.05) is 6.92 Å². The Bertz CT molecular complexity index is 374. The summed E-state index contributed by atoms with van der Waals surface area (Å²) in [7, 11) is 0. The molecule has 1 aliphatic rings. The Kier molecular flexibility index (Phi) is 5.79. The first kappa shape index (κ1) is 18.0. The van der Waals surface area contributed by atoms with Crippen molar-refractivity contribution in [2.75, 3.05) is 0 Å². The molecule has 2 N–H and O–H groups in total. The highest BCUT2D eigenvalue weighted by molar-refractivity contribution is 5.93. The maximum atomic E-state index is 12.2. The van der Waals surface area contributed by atoms with E-state index in [0.29, 0.717) is 19.3 Å². The highest BCUT2D eigenvalue weighted by Gasteiger charge is 2.40. The molecule has 1 heterocycles. The number of carbonyl (C=O) groups is 2. The maximum Gasteiger partial charge on any atom is 0.320 e. The van der Waals surface area contributed by atoms with E-state index in [4.69, 9.17) is 4.74 Å². The Morgan fingerprint density at radius 3 is 2.19 bits per heavy atom. The van der Waals surface area contributed by atoms with Crippen molar-refractivity contribution in [3.8, 4) is 0 Å². The number of aliphatic carboxylic acids is 1. The number of ether oxygens (including phenoxy) is 1. The van der Waals surface area contributed by atoms with Gasteiger partial charge >= 0.3 is 11.9 Å². The van der Waals surface area contributed by atoms with Gasteiger partial charge in [0.1, 0.15) is 6.10 Å². The van der Waals surface area contributed by atoms with Crippen molar-refractivity contribution in [3.05, 3.63) is 0 Å². The number of esters is 1. The average molecular weight is 299 g/mol. The summed E-state index contributed by atoms with van der Waals surface area (Å²) < 4.78 is 5.52. The van der Waals surface area contributed by atoms with Crippen LogP contribution in [0.3, 0.4) is 0 Å². The molecular weight excluding hydrogens is 270 g/mol. The summed E-state index contributed by atoms with van der Waals surface area (Å²) in [6.45, 7) is 10.3. The van der Waals surface area contributed by atoms with Crippen molar-refractivity contribution in [1.82, 2.24) is 5.32 Å². The van der Waals surface area contributed by atoms with E-state index in [-0.39, 0.29) is 17.2 Å². The van der Waals surface area contributed by atoms with Gasteiger partial charge in [0.15, 0.2) is 5.92 Å². The first-order valence-electron chi connectivity index (χ1n) is 7.79. The highest BCUT2D eigenvalue weighted by Crippen LogP contribution is 2.31. The smallest absolute Gasteiger partial charge is 0.320 e. The molecule has 1 fully saturated rings. The van der Waals surface area contributed by atoms with Crippen LogP contribution in [-0.4, -0.2) is 34.2 Å². The van der Waals surface area contributed by atoms with Gasteiger partial charge in [0.05, 0.1) is 0 Å². The van der Waals surface area contributed by atoms with Crippen molar-refractivity contribution in [2.45, 2.75) is 83.9 Å².